The summed E-state index contributed by atoms with van der Waals surface area (Å²) in [6, 6.07) is 2.36. The molecular weight excluding hydrogens is 270 g/mol. The first kappa shape index (κ1) is 11.7. The normalized spacial score (nSPS) is 11.8. The molecule has 0 atom stereocenters. The molecule has 17 heavy (non-hydrogen) atoms. The van der Waals surface area contributed by atoms with Gasteiger partial charge in [0.15, 0.2) is 5.75 Å². The van der Waals surface area contributed by atoms with Crippen LogP contribution in [0.5, 0.6) is 5.75 Å². The first-order chi connectivity index (χ1) is 7.80. The molecule has 0 spiro atoms. The van der Waals surface area contributed by atoms with Crippen LogP contribution >= 0.6 is 11.3 Å². The van der Waals surface area contributed by atoms with E-state index in [0.29, 0.717) is 11.3 Å². The zero-order chi connectivity index (χ0) is 12.8. The van der Waals surface area contributed by atoms with E-state index in [1.807, 2.05) is 0 Å². The summed E-state index contributed by atoms with van der Waals surface area (Å²) in [5, 5.41) is 25.0. The predicted octanol–water partition coefficient (Wildman–Crippen LogP) is 0.557. The lowest BCUT2D eigenvalue weighted by atomic mass is 10.3. The molecule has 0 aliphatic carbocycles. The number of aromatic nitrogens is 1. The van der Waals surface area contributed by atoms with Crippen LogP contribution in [0.4, 0.5) is 5.69 Å². The predicted molar refractivity (Wildman–Crippen MR) is 59.3 cm³/mol. The number of hydrogen-bond donors (Lipinski definition) is 2. The second-order valence-corrected chi connectivity index (χ2v) is 5.80. The second-order valence-electron chi connectivity index (χ2n) is 3.06. The first-order valence-electron chi connectivity index (χ1n) is 4.10. The average Bonchev–Trinajstić information content (AvgIpc) is 2.59. The number of nitro benzene ring substituents is 1. The van der Waals surface area contributed by atoms with Crippen molar-refractivity contribution in [2.45, 2.75) is 4.34 Å². The van der Waals surface area contributed by atoms with Crippen LogP contribution in [-0.2, 0) is 10.0 Å². The summed E-state index contributed by atoms with van der Waals surface area (Å²) in [4.78, 5) is 13.6. The Kier molecular flexibility index (Phi) is 2.49. The fraction of sp³-hybridized carbons (Fsp3) is 0. The molecule has 0 radical (unpaired) electrons. The molecule has 0 aliphatic rings. The minimum Gasteiger partial charge on any atom is -0.502 e. The smallest absolute Gasteiger partial charge is 0.330 e. The summed E-state index contributed by atoms with van der Waals surface area (Å²) in [5.74, 6) is -0.549. The van der Waals surface area contributed by atoms with Crippen molar-refractivity contribution in [3.8, 4) is 5.75 Å². The number of nitrogens with two attached hydrogens (primary N) is 1. The quantitative estimate of drug-likeness (QED) is 0.606. The molecule has 2 aromatic rings. The molecule has 90 valence electrons. The number of phenolic OH excluding ortho intramolecular Hbond substituents is 1. The summed E-state index contributed by atoms with van der Waals surface area (Å²) >= 11 is 0.548. The van der Waals surface area contributed by atoms with Crippen LogP contribution in [0.1, 0.15) is 0 Å². The number of nitrogens with zero attached hydrogens (tertiary/aromatic N) is 2. The summed E-state index contributed by atoms with van der Waals surface area (Å²) < 4.78 is 21.7. The van der Waals surface area contributed by atoms with Gasteiger partial charge in [-0.25, -0.2) is 18.5 Å². The van der Waals surface area contributed by atoms with E-state index in [4.69, 9.17) is 5.14 Å². The number of thiazole rings is 1. The van der Waals surface area contributed by atoms with Crippen molar-refractivity contribution in [3.63, 3.8) is 0 Å². The van der Waals surface area contributed by atoms with Crippen LogP contribution in [0.15, 0.2) is 16.5 Å². The van der Waals surface area contributed by atoms with Crippen molar-refractivity contribution in [2.75, 3.05) is 0 Å². The van der Waals surface area contributed by atoms with E-state index >= 15 is 0 Å². The minimum atomic E-state index is -4.02. The number of rotatable bonds is 2. The van der Waals surface area contributed by atoms with E-state index in [9.17, 15) is 23.6 Å². The average molecular weight is 275 g/mol. The number of aromatic hydroxyl groups is 1. The highest BCUT2D eigenvalue weighted by Gasteiger charge is 2.24. The van der Waals surface area contributed by atoms with Gasteiger partial charge in [-0.15, -0.1) is 0 Å². The fourth-order valence-corrected chi connectivity index (χ4v) is 3.00. The lowest BCUT2D eigenvalue weighted by Crippen LogP contribution is -2.11. The molecule has 0 unspecified atom stereocenters. The summed E-state index contributed by atoms with van der Waals surface area (Å²) in [5.41, 5.74) is -0.474. The van der Waals surface area contributed by atoms with Gasteiger partial charge in [0.05, 0.1) is 10.4 Å². The Labute approximate surface area is 98.5 Å². The highest BCUT2D eigenvalue weighted by Crippen LogP contribution is 2.38. The maximum absolute atomic E-state index is 11.1. The van der Waals surface area contributed by atoms with Crippen LogP contribution in [0.3, 0.4) is 0 Å². The van der Waals surface area contributed by atoms with Gasteiger partial charge >= 0.3 is 5.69 Å². The van der Waals surface area contributed by atoms with E-state index in [1.54, 1.807) is 0 Å². The summed E-state index contributed by atoms with van der Waals surface area (Å²) in [6.07, 6.45) is 0. The van der Waals surface area contributed by atoms with Gasteiger partial charge in [-0.2, -0.15) is 0 Å². The highest BCUT2D eigenvalue weighted by atomic mass is 32.2. The molecule has 1 aromatic carbocycles. The fourth-order valence-electron chi connectivity index (χ4n) is 1.25. The number of nitro groups is 1. The third-order valence-electron chi connectivity index (χ3n) is 1.92. The Balaban J connectivity index is 2.87. The van der Waals surface area contributed by atoms with Crippen LogP contribution in [-0.4, -0.2) is 23.4 Å². The molecule has 1 heterocycles. The second kappa shape index (κ2) is 3.61. The van der Waals surface area contributed by atoms with Gasteiger partial charge in [-0.1, -0.05) is 11.3 Å². The Hall–Kier alpha value is -1.78. The third kappa shape index (κ3) is 1.92. The topological polar surface area (TPSA) is 136 Å². The molecule has 2 rings (SSSR count). The van der Waals surface area contributed by atoms with Crippen molar-refractivity contribution in [2.24, 2.45) is 5.14 Å². The van der Waals surface area contributed by atoms with Gasteiger partial charge in [0, 0.05) is 0 Å². The highest BCUT2D eigenvalue weighted by molar-refractivity contribution is 7.91. The Morgan fingerprint density at radius 1 is 1.47 bits per heavy atom. The molecule has 0 amide bonds. The van der Waals surface area contributed by atoms with Gasteiger partial charge < -0.3 is 5.11 Å². The number of fused-ring (bicyclic) bond motifs is 1. The van der Waals surface area contributed by atoms with Crippen molar-refractivity contribution in [3.05, 3.63) is 22.2 Å². The van der Waals surface area contributed by atoms with Crippen molar-refractivity contribution in [1.29, 1.82) is 0 Å². The van der Waals surface area contributed by atoms with Crippen molar-refractivity contribution in [1.82, 2.24) is 4.98 Å². The molecule has 0 saturated carbocycles. The number of hydrogen-bond acceptors (Lipinski definition) is 7. The van der Waals surface area contributed by atoms with E-state index < -0.39 is 30.7 Å². The lowest BCUT2D eigenvalue weighted by molar-refractivity contribution is -0.383. The monoisotopic (exact) mass is 275 g/mol. The van der Waals surface area contributed by atoms with Gasteiger partial charge in [0.2, 0.25) is 4.34 Å². The molecule has 10 heteroatoms. The van der Waals surface area contributed by atoms with Gasteiger partial charge in [-0.3, -0.25) is 10.1 Å². The van der Waals surface area contributed by atoms with E-state index in [2.05, 4.69) is 4.98 Å². The van der Waals surface area contributed by atoms with Gasteiger partial charge in [0.25, 0.3) is 10.0 Å². The number of benzene rings is 1. The summed E-state index contributed by atoms with van der Waals surface area (Å²) in [7, 11) is -4.02. The largest absolute Gasteiger partial charge is 0.502 e. The van der Waals surface area contributed by atoms with Crippen LogP contribution < -0.4 is 5.14 Å². The minimum absolute atomic E-state index is 0.0287. The number of sulfonamides is 1. The van der Waals surface area contributed by atoms with Gasteiger partial charge in [0.1, 0.15) is 4.70 Å². The molecule has 1 aromatic heterocycles. The van der Waals surface area contributed by atoms with E-state index in [-0.39, 0.29) is 10.2 Å². The molecule has 3 N–H and O–H groups in total. The SMILES string of the molecule is NS(=O)(=O)c1nc2ccc(O)c([N+](=O)[O-])c2s1. The van der Waals surface area contributed by atoms with Crippen LogP contribution in [0.25, 0.3) is 10.2 Å². The maximum atomic E-state index is 11.1. The summed E-state index contributed by atoms with van der Waals surface area (Å²) in [6.45, 7) is 0. The van der Waals surface area contributed by atoms with Crippen LogP contribution in [0, 0.1) is 10.1 Å². The number of primary sulfonamides is 1. The van der Waals surface area contributed by atoms with Crippen molar-refractivity contribution < 1.29 is 18.4 Å². The standard InChI is InChI=1S/C7H5N3O5S2/c8-17(14,15)7-9-3-1-2-4(11)5(10(12)13)6(3)16-7/h1-2,11H,(H2,8,14,15). The molecule has 0 aliphatic heterocycles. The zero-order valence-electron chi connectivity index (χ0n) is 8.02. The molecule has 0 saturated heterocycles. The van der Waals surface area contributed by atoms with E-state index in [1.165, 1.54) is 6.07 Å². The first-order valence-corrected chi connectivity index (χ1v) is 6.46. The van der Waals surface area contributed by atoms with Crippen molar-refractivity contribution >= 4 is 37.3 Å². The Bertz CT molecular complexity index is 720. The number of phenols is 1. The maximum Gasteiger partial charge on any atom is 0.330 e. The molecule has 0 bridgehead atoms. The van der Waals surface area contributed by atoms with Crippen LogP contribution in [0.2, 0.25) is 0 Å². The lowest BCUT2D eigenvalue weighted by Gasteiger charge is -1.94. The van der Waals surface area contributed by atoms with Gasteiger partial charge in [-0.05, 0) is 12.1 Å². The third-order valence-corrected chi connectivity index (χ3v) is 4.31. The zero-order valence-corrected chi connectivity index (χ0v) is 9.66. The molecule has 0 fully saturated rings. The Morgan fingerprint density at radius 3 is 2.65 bits per heavy atom. The molecular formula is C7H5N3O5S2. The Morgan fingerprint density at radius 2 is 2.12 bits per heavy atom. The van der Waals surface area contributed by atoms with E-state index in [0.717, 1.165) is 6.07 Å². The molecule has 8 nitrogen and oxygen atoms in total.